The van der Waals surface area contributed by atoms with Crippen molar-refractivity contribution in [2.24, 2.45) is 5.73 Å². The highest BCUT2D eigenvalue weighted by atomic mass is 16.5. The quantitative estimate of drug-likeness (QED) is 0.699. The van der Waals surface area contributed by atoms with Crippen LogP contribution in [0.2, 0.25) is 0 Å². The van der Waals surface area contributed by atoms with Crippen molar-refractivity contribution in [3.63, 3.8) is 0 Å². The first-order chi connectivity index (χ1) is 9.50. The van der Waals surface area contributed by atoms with Crippen molar-refractivity contribution in [2.75, 3.05) is 26.7 Å². The minimum Gasteiger partial charge on any atom is -0.368 e. The summed E-state index contributed by atoms with van der Waals surface area (Å²) >= 11 is 0. The van der Waals surface area contributed by atoms with Gasteiger partial charge in [-0.1, -0.05) is 0 Å². The number of nitrogens with two attached hydrogens (primary N) is 1. The third-order valence-corrected chi connectivity index (χ3v) is 4.26. The number of nitrogens with zero attached hydrogens (tertiary/aromatic N) is 1. The summed E-state index contributed by atoms with van der Waals surface area (Å²) in [5.41, 5.74) is 4.65. The number of carbonyl (C=O) groups is 1. The van der Waals surface area contributed by atoms with Crippen LogP contribution in [-0.2, 0) is 9.53 Å². The molecule has 1 fully saturated rings. The van der Waals surface area contributed by atoms with E-state index in [0.29, 0.717) is 0 Å². The normalized spacial score (nSPS) is 24.5. The van der Waals surface area contributed by atoms with Gasteiger partial charge in [-0.2, -0.15) is 0 Å². The van der Waals surface area contributed by atoms with Crippen LogP contribution in [0.4, 0.5) is 0 Å². The number of hydrogen-bond acceptors (Lipinski definition) is 4. The topological polar surface area (TPSA) is 67.6 Å². The van der Waals surface area contributed by atoms with Gasteiger partial charge in [-0.05, 0) is 67.5 Å². The molecular formula is C16H33N3O2. The van der Waals surface area contributed by atoms with Crippen LogP contribution in [0.15, 0.2) is 0 Å². The van der Waals surface area contributed by atoms with E-state index in [1.165, 1.54) is 0 Å². The Kier molecular flexibility index (Phi) is 5.81. The molecule has 0 aromatic carbocycles. The largest absolute Gasteiger partial charge is 0.368 e. The van der Waals surface area contributed by atoms with E-state index in [0.717, 1.165) is 38.9 Å². The minimum atomic E-state index is -0.594. The Morgan fingerprint density at radius 2 is 1.76 bits per heavy atom. The fourth-order valence-corrected chi connectivity index (χ4v) is 3.29. The highest BCUT2D eigenvalue weighted by molar-refractivity contribution is 5.84. The van der Waals surface area contributed by atoms with E-state index >= 15 is 0 Å². The van der Waals surface area contributed by atoms with Gasteiger partial charge in [0.25, 0.3) is 0 Å². The number of nitrogens with one attached hydrogen (secondary N) is 1. The zero-order valence-corrected chi connectivity index (χ0v) is 14.6. The molecule has 1 aliphatic rings. The Labute approximate surface area is 129 Å². The molecule has 0 aromatic heterocycles. The average molecular weight is 299 g/mol. The number of rotatable bonds is 7. The number of ether oxygens (including phenoxy) is 1. The molecule has 0 spiro atoms. The van der Waals surface area contributed by atoms with Crippen molar-refractivity contribution in [1.82, 2.24) is 10.2 Å². The summed E-state index contributed by atoms with van der Waals surface area (Å²) < 4.78 is 6.09. The molecule has 21 heavy (non-hydrogen) atoms. The zero-order chi connectivity index (χ0) is 16.3. The van der Waals surface area contributed by atoms with Gasteiger partial charge in [0.15, 0.2) is 0 Å². The number of unbranched alkanes of at least 4 members (excludes halogenated alkanes) is 1. The summed E-state index contributed by atoms with van der Waals surface area (Å²) in [4.78, 5) is 13.9. The number of amides is 1. The summed E-state index contributed by atoms with van der Waals surface area (Å²) in [6, 6.07) is 0. The molecule has 0 bridgehead atoms. The SMILES string of the molecule is CNC(C)(CCCCN1CC(C)(C)OC(C)(C)C1)C(N)=O. The molecule has 0 saturated carbocycles. The smallest absolute Gasteiger partial charge is 0.237 e. The molecule has 1 aliphatic heterocycles. The number of primary amides is 1. The average Bonchev–Trinajstić information content (AvgIpc) is 2.30. The lowest BCUT2D eigenvalue weighted by Crippen LogP contribution is -2.57. The lowest BCUT2D eigenvalue weighted by atomic mass is 9.93. The Morgan fingerprint density at radius 1 is 1.24 bits per heavy atom. The molecular weight excluding hydrogens is 266 g/mol. The first-order valence-electron chi connectivity index (χ1n) is 7.91. The fourth-order valence-electron chi connectivity index (χ4n) is 3.29. The molecule has 5 nitrogen and oxygen atoms in total. The van der Waals surface area contributed by atoms with E-state index in [2.05, 4.69) is 37.9 Å². The molecule has 1 rings (SSSR count). The van der Waals surface area contributed by atoms with Gasteiger partial charge >= 0.3 is 0 Å². The summed E-state index contributed by atoms with van der Waals surface area (Å²) in [7, 11) is 1.79. The molecule has 0 aromatic rings. The van der Waals surface area contributed by atoms with Gasteiger partial charge in [0.1, 0.15) is 0 Å². The maximum absolute atomic E-state index is 11.5. The molecule has 124 valence electrons. The lowest BCUT2D eigenvalue weighted by Gasteiger charge is -2.47. The van der Waals surface area contributed by atoms with Crippen molar-refractivity contribution in [3.8, 4) is 0 Å². The van der Waals surface area contributed by atoms with E-state index in [-0.39, 0.29) is 17.1 Å². The molecule has 1 unspecified atom stereocenters. The third-order valence-electron chi connectivity index (χ3n) is 4.26. The van der Waals surface area contributed by atoms with Crippen LogP contribution in [-0.4, -0.2) is 54.2 Å². The summed E-state index contributed by atoms with van der Waals surface area (Å²) in [6.07, 6.45) is 2.82. The zero-order valence-electron chi connectivity index (χ0n) is 14.6. The Bertz CT molecular complexity index is 353. The molecule has 0 radical (unpaired) electrons. The van der Waals surface area contributed by atoms with Crippen LogP contribution < -0.4 is 11.1 Å². The number of likely N-dealkylation sites (N-methyl/N-ethyl adjacent to an activating group) is 1. The molecule has 1 heterocycles. The Hall–Kier alpha value is -0.650. The Balaban J connectivity index is 2.41. The lowest BCUT2D eigenvalue weighted by molar-refractivity contribution is -0.180. The first kappa shape index (κ1) is 18.4. The highest BCUT2D eigenvalue weighted by Crippen LogP contribution is 2.28. The van der Waals surface area contributed by atoms with Crippen LogP contribution in [0, 0.1) is 0 Å². The molecule has 5 heteroatoms. The molecule has 0 aliphatic carbocycles. The maximum Gasteiger partial charge on any atom is 0.237 e. The second-order valence-electron chi connectivity index (χ2n) is 7.74. The van der Waals surface area contributed by atoms with Crippen molar-refractivity contribution < 1.29 is 9.53 Å². The Morgan fingerprint density at radius 3 is 2.19 bits per heavy atom. The van der Waals surface area contributed by atoms with Gasteiger partial charge in [0, 0.05) is 13.1 Å². The predicted octanol–water partition coefficient (Wildman–Crippen LogP) is 1.51. The molecule has 1 saturated heterocycles. The second kappa shape index (κ2) is 6.63. The number of morpholine rings is 1. The van der Waals surface area contributed by atoms with E-state index in [1.807, 2.05) is 6.92 Å². The van der Waals surface area contributed by atoms with Gasteiger partial charge in [-0.15, -0.1) is 0 Å². The van der Waals surface area contributed by atoms with E-state index in [9.17, 15) is 4.79 Å². The van der Waals surface area contributed by atoms with Crippen molar-refractivity contribution in [2.45, 2.75) is 70.6 Å². The number of carbonyl (C=O) groups excluding carboxylic acids is 1. The second-order valence-corrected chi connectivity index (χ2v) is 7.74. The van der Waals surface area contributed by atoms with Crippen molar-refractivity contribution in [3.05, 3.63) is 0 Å². The van der Waals surface area contributed by atoms with Crippen LogP contribution in [0.1, 0.15) is 53.9 Å². The highest BCUT2D eigenvalue weighted by Gasteiger charge is 2.37. The predicted molar refractivity (Wildman–Crippen MR) is 86.2 cm³/mol. The van der Waals surface area contributed by atoms with Crippen LogP contribution in [0.3, 0.4) is 0 Å². The summed E-state index contributed by atoms with van der Waals surface area (Å²) in [5.74, 6) is -0.279. The third kappa shape index (κ3) is 5.57. The van der Waals surface area contributed by atoms with Crippen molar-refractivity contribution >= 4 is 5.91 Å². The van der Waals surface area contributed by atoms with Gasteiger partial charge in [0.05, 0.1) is 16.7 Å². The first-order valence-corrected chi connectivity index (χ1v) is 7.91. The fraction of sp³-hybridized carbons (Fsp3) is 0.938. The van der Waals surface area contributed by atoms with E-state index in [1.54, 1.807) is 7.05 Å². The van der Waals surface area contributed by atoms with Crippen molar-refractivity contribution in [1.29, 1.82) is 0 Å². The standard InChI is InChI=1S/C16H33N3O2/c1-14(2)11-19(12-15(3,4)21-14)10-8-7-9-16(5,18-6)13(17)20/h18H,7-12H2,1-6H3,(H2,17,20). The van der Waals surface area contributed by atoms with Crippen LogP contribution in [0.25, 0.3) is 0 Å². The van der Waals surface area contributed by atoms with Crippen LogP contribution in [0.5, 0.6) is 0 Å². The monoisotopic (exact) mass is 299 g/mol. The number of hydrogen-bond donors (Lipinski definition) is 2. The van der Waals surface area contributed by atoms with Gasteiger partial charge < -0.3 is 15.8 Å². The van der Waals surface area contributed by atoms with Gasteiger partial charge in [0.2, 0.25) is 5.91 Å². The summed E-state index contributed by atoms with van der Waals surface area (Å²) in [6.45, 7) is 13.4. The summed E-state index contributed by atoms with van der Waals surface area (Å²) in [5, 5.41) is 3.03. The van der Waals surface area contributed by atoms with E-state index in [4.69, 9.17) is 10.5 Å². The maximum atomic E-state index is 11.5. The van der Waals surface area contributed by atoms with Gasteiger partial charge in [-0.25, -0.2) is 0 Å². The minimum absolute atomic E-state index is 0.103. The van der Waals surface area contributed by atoms with Gasteiger partial charge in [-0.3, -0.25) is 9.69 Å². The molecule has 1 atom stereocenters. The van der Waals surface area contributed by atoms with Crippen LogP contribution >= 0.6 is 0 Å². The molecule has 3 N–H and O–H groups in total. The molecule has 1 amide bonds. The van der Waals surface area contributed by atoms with E-state index < -0.39 is 5.54 Å².